The molecule has 3 heteroatoms. The highest BCUT2D eigenvalue weighted by atomic mass is 15.1. The first-order chi connectivity index (χ1) is 28.0. The number of nitrogens with zero attached hydrogens (tertiary/aromatic N) is 3. The lowest BCUT2D eigenvalue weighted by atomic mass is 9.70. The number of fused-ring (bicyclic) bond motifs is 17. The van der Waals surface area contributed by atoms with Gasteiger partial charge in [-0.15, -0.1) is 0 Å². The summed E-state index contributed by atoms with van der Waals surface area (Å²) in [4.78, 5) is 11.7. The van der Waals surface area contributed by atoms with Gasteiger partial charge in [-0.1, -0.05) is 172 Å². The van der Waals surface area contributed by atoms with Gasteiger partial charge in [0, 0.05) is 27.3 Å². The fraction of sp³-hybridized carbons (Fsp3) is 0.0741. The second kappa shape index (κ2) is 10.8. The number of hydrogen-bond donors (Lipinski definition) is 0. The Hall–Kier alpha value is -7.10. The van der Waals surface area contributed by atoms with Crippen molar-refractivity contribution >= 4 is 32.6 Å². The number of para-hydroxylation sites is 1. The summed E-state index contributed by atoms with van der Waals surface area (Å²) in [5.41, 5.74) is 18.2. The van der Waals surface area contributed by atoms with E-state index >= 15 is 0 Å². The smallest absolute Gasteiger partial charge is 0.164 e. The van der Waals surface area contributed by atoms with Gasteiger partial charge in [-0.2, -0.15) is 0 Å². The van der Waals surface area contributed by atoms with Crippen molar-refractivity contribution in [2.75, 3.05) is 0 Å². The molecular formula is C54H35N3. The van der Waals surface area contributed by atoms with Crippen molar-refractivity contribution in [3.63, 3.8) is 0 Å². The van der Waals surface area contributed by atoms with Crippen LogP contribution in [0.1, 0.15) is 47.4 Å². The molecule has 0 unspecified atom stereocenters. The summed E-state index contributed by atoms with van der Waals surface area (Å²) in [6.45, 7) is 4.59. The summed E-state index contributed by atoms with van der Waals surface area (Å²) in [6.07, 6.45) is 0. The molecule has 13 rings (SSSR count). The molecule has 0 atom stereocenters. The Morgan fingerprint density at radius 1 is 0.404 bits per heavy atom. The van der Waals surface area contributed by atoms with Crippen molar-refractivity contribution in [2.45, 2.75) is 24.7 Å². The van der Waals surface area contributed by atoms with E-state index in [9.17, 15) is 0 Å². The quantitative estimate of drug-likeness (QED) is 0.178. The second-order valence-electron chi connectivity index (χ2n) is 16.4. The van der Waals surface area contributed by atoms with E-state index in [-0.39, 0.29) is 5.41 Å². The molecule has 0 amide bonds. The van der Waals surface area contributed by atoms with Crippen LogP contribution in [0.5, 0.6) is 0 Å². The SMILES string of the molecule is CC1(C)c2ccccc2-c2nc(-c3cccc4c3-c3ccccc3C43c4ccccc4-c4ccccc43)c(-n3c4ccccc4c4cc5ccccc5cc43)nc21. The second-order valence-corrected chi connectivity index (χ2v) is 16.4. The van der Waals surface area contributed by atoms with Gasteiger partial charge in [0.2, 0.25) is 0 Å². The molecule has 8 aromatic carbocycles. The Morgan fingerprint density at radius 2 is 0.947 bits per heavy atom. The topological polar surface area (TPSA) is 30.7 Å². The fourth-order valence-corrected chi connectivity index (χ4v) is 11.0. The van der Waals surface area contributed by atoms with Gasteiger partial charge in [-0.05, 0) is 79.0 Å². The molecule has 0 radical (unpaired) electrons. The Kier molecular flexibility index (Phi) is 5.90. The molecule has 0 aliphatic heterocycles. The van der Waals surface area contributed by atoms with Crippen LogP contribution in [-0.2, 0) is 10.8 Å². The van der Waals surface area contributed by atoms with Crippen molar-refractivity contribution in [2.24, 2.45) is 0 Å². The van der Waals surface area contributed by atoms with E-state index in [1.165, 1.54) is 71.6 Å². The molecule has 0 fully saturated rings. The van der Waals surface area contributed by atoms with Gasteiger partial charge >= 0.3 is 0 Å². The van der Waals surface area contributed by atoms with E-state index in [1.54, 1.807) is 0 Å². The van der Waals surface area contributed by atoms with Crippen LogP contribution >= 0.6 is 0 Å². The minimum absolute atomic E-state index is 0.329. The zero-order valence-electron chi connectivity index (χ0n) is 31.6. The Labute approximate surface area is 330 Å². The largest absolute Gasteiger partial charge is 0.292 e. The molecule has 1 spiro atoms. The van der Waals surface area contributed by atoms with Gasteiger partial charge in [0.25, 0.3) is 0 Å². The zero-order chi connectivity index (χ0) is 37.6. The maximum atomic E-state index is 5.86. The predicted molar refractivity (Wildman–Crippen MR) is 233 cm³/mol. The van der Waals surface area contributed by atoms with Gasteiger partial charge in [0.15, 0.2) is 5.82 Å². The third-order valence-electron chi connectivity index (χ3n) is 13.4. The number of hydrogen-bond acceptors (Lipinski definition) is 2. The van der Waals surface area contributed by atoms with Crippen LogP contribution in [0.3, 0.4) is 0 Å². The molecule has 266 valence electrons. The summed E-state index contributed by atoms with van der Waals surface area (Å²) in [5.74, 6) is 0.857. The third-order valence-corrected chi connectivity index (χ3v) is 13.4. The van der Waals surface area contributed by atoms with Crippen molar-refractivity contribution < 1.29 is 0 Å². The van der Waals surface area contributed by atoms with Crippen molar-refractivity contribution in [1.82, 2.24) is 14.5 Å². The van der Waals surface area contributed by atoms with Crippen molar-refractivity contribution in [3.8, 4) is 50.6 Å². The van der Waals surface area contributed by atoms with Crippen LogP contribution in [-0.4, -0.2) is 14.5 Å². The molecule has 57 heavy (non-hydrogen) atoms. The Balaban J connectivity index is 1.20. The lowest BCUT2D eigenvalue weighted by Crippen LogP contribution is -2.25. The van der Waals surface area contributed by atoms with E-state index in [4.69, 9.17) is 9.97 Å². The standard InChI is InChI=1S/C54H35N3/c1-53(2)41-24-10-8-22-38(41)49-51(53)56-52(57-46-29-14-9-20-36(46)40-30-32-16-3-4-17-33(32)31-47(40)57)50(55-49)39-23-15-28-45-48(39)37-21-7-13-27-44(37)54(45)42-25-11-5-18-34(42)35-19-6-12-26-43(35)54/h3-31H,1-2H3. The summed E-state index contributed by atoms with van der Waals surface area (Å²) < 4.78 is 2.40. The van der Waals surface area contributed by atoms with E-state index in [0.717, 1.165) is 45.1 Å². The molecule has 0 saturated heterocycles. The predicted octanol–water partition coefficient (Wildman–Crippen LogP) is 13.0. The van der Waals surface area contributed by atoms with Gasteiger partial charge in [0.1, 0.15) is 5.69 Å². The minimum Gasteiger partial charge on any atom is -0.292 e. The van der Waals surface area contributed by atoms with Gasteiger partial charge in [-0.3, -0.25) is 4.57 Å². The average Bonchev–Trinajstić information content (AvgIpc) is 3.92. The van der Waals surface area contributed by atoms with E-state index in [0.29, 0.717) is 0 Å². The number of aromatic nitrogens is 3. The molecule has 3 aliphatic rings. The summed E-state index contributed by atoms with van der Waals surface area (Å²) in [5, 5.41) is 4.84. The third kappa shape index (κ3) is 3.77. The first-order valence-electron chi connectivity index (χ1n) is 19.9. The van der Waals surface area contributed by atoms with Crippen LogP contribution in [0.25, 0.3) is 83.2 Å². The highest BCUT2D eigenvalue weighted by Crippen LogP contribution is 2.64. The summed E-state index contributed by atoms with van der Waals surface area (Å²) >= 11 is 0. The molecule has 2 aromatic heterocycles. The van der Waals surface area contributed by atoms with Crippen LogP contribution in [0.2, 0.25) is 0 Å². The maximum absolute atomic E-state index is 5.86. The van der Waals surface area contributed by atoms with Crippen LogP contribution in [0, 0.1) is 0 Å². The van der Waals surface area contributed by atoms with Crippen LogP contribution < -0.4 is 0 Å². The normalized spacial score (nSPS) is 14.8. The Bertz CT molecular complexity index is 3350. The highest BCUT2D eigenvalue weighted by Gasteiger charge is 2.52. The fourth-order valence-electron chi connectivity index (χ4n) is 11.0. The lowest BCUT2D eigenvalue weighted by molar-refractivity contribution is 0.633. The molecule has 3 nitrogen and oxygen atoms in total. The van der Waals surface area contributed by atoms with Crippen molar-refractivity contribution in [1.29, 1.82) is 0 Å². The maximum Gasteiger partial charge on any atom is 0.164 e. The van der Waals surface area contributed by atoms with E-state index < -0.39 is 5.41 Å². The molecule has 0 saturated carbocycles. The number of rotatable bonds is 2. The molecule has 0 N–H and O–H groups in total. The van der Waals surface area contributed by atoms with E-state index in [1.807, 2.05) is 0 Å². The molecule has 10 aromatic rings. The zero-order valence-corrected chi connectivity index (χ0v) is 31.6. The van der Waals surface area contributed by atoms with Gasteiger partial charge in [0.05, 0.1) is 27.8 Å². The first kappa shape index (κ1) is 31.1. The van der Waals surface area contributed by atoms with Crippen molar-refractivity contribution in [3.05, 3.63) is 209 Å². The van der Waals surface area contributed by atoms with Crippen LogP contribution in [0.15, 0.2) is 176 Å². The van der Waals surface area contributed by atoms with E-state index in [2.05, 4.69) is 194 Å². The molecule has 2 heterocycles. The highest BCUT2D eigenvalue weighted by molar-refractivity contribution is 6.14. The van der Waals surface area contributed by atoms with Gasteiger partial charge < -0.3 is 0 Å². The van der Waals surface area contributed by atoms with Crippen LogP contribution in [0.4, 0.5) is 0 Å². The minimum atomic E-state index is -0.459. The number of benzene rings is 8. The molecular weight excluding hydrogens is 691 g/mol. The first-order valence-corrected chi connectivity index (χ1v) is 19.9. The van der Waals surface area contributed by atoms with Gasteiger partial charge in [-0.25, -0.2) is 9.97 Å². The summed E-state index contributed by atoms with van der Waals surface area (Å²) in [7, 11) is 0. The molecule has 0 bridgehead atoms. The lowest BCUT2D eigenvalue weighted by Gasteiger charge is -2.30. The molecule has 3 aliphatic carbocycles. The monoisotopic (exact) mass is 725 g/mol. The Morgan fingerprint density at radius 3 is 1.68 bits per heavy atom. The summed E-state index contributed by atoms with van der Waals surface area (Å²) in [6, 6.07) is 64.9. The average molecular weight is 726 g/mol.